The van der Waals surface area contributed by atoms with Gasteiger partial charge in [-0.15, -0.1) is 0 Å². The Kier molecular flexibility index (Phi) is 5.24. The molecular formula is C22H15ClO6S. The van der Waals surface area contributed by atoms with Crippen LogP contribution in [0, 0.1) is 0 Å². The predicted molar refractivity (Wildman–Crippen MR) is 112 cm³/mol. The molecule has 3 aromatic rings. The van der Waals surface area contributed by atoms with Gasteiger partial charge in [0.25, 0.3) is 0 Å². The van der Waals surface area contributed by atoms with Crippen LogP contribution in [0.3, 0.4) is 0 Å². The molecule has 0 unspecified atom stereocenters. The van der Waals surface area contributed by atoms with Crippen molar-refractivity contribution in [1.29, 1.82) is 0 Å². The Hall–Kier alpha value is -3.29. The Morgan fingerprint density at radius 2 is 1.73 bits per heavy atom. The molecule has 0 radical (unpaired) electrons. The van der Waals surface area contributed by atoms with E-state index in [1.54, 1.807) is 18.2 Å². The monoisotopic (exact) mass is 442 g/mol. The number of hydrogen-bond donors (Lipinski definition) is 0. The number of ketones is 1. The van der Waals surface area contributed by atoms with E-state index in [1.807, 2.05) is 12.1 Å². The van der Waals surface area contributed by atoms with Gasteiger partial charge in [-0.05, 0) is 48.5 Å². The largest absolute Gasteiger partial charge is 0.496 e. The molecule has 1 aliphatic heterocycles. The summed E-state index contributed by atoms with van der Waals surface area (Å²) in [6, 6.07) is 17.0. The Morgan fingerprint density at radius 3 is 2.47 bits per heavy atom. The summed E-state index contributed by atoms with van der Waals surface area (Å²) >= 11 is 5.79. The lowest BCUT2D eigenvalue weighted by molar-refractivity contribution is 0.101. The van der Waals surface area contributed by atoms with Crippen molar-refractivity contribution < 1.29 is 26.9 Å². The Labute approximate surface area is 178 Å². The number of allylic oxidation sites excluding steroid dienone is 1. The first kappa shape index (κ1) is 20.0. The van der Waals surface area contributed by atoms with Gasteiger partial charge < -0.3 is 13.7 Å². The van der Waals surface area contributed by atoms with Crippen molar-refractivity contribution in [3.63, 3.8) is 0 Å². The molecule has 0 saturated carbocycles. The fraction of sp³-hybridized carbons (Fsp3) is 0.0455. The van der Waals surface area contributed by atoms with Crippen LogP contribution in [0.1, 0.15) is 15.9 Å². The highest BCUT2D eigenvalue weighted by Crippen LogP contribution is 2.36. The molecule has 0 aromatic heterocycles. The Morgan fingerprint density at radius 1 is 1.00 bits per heavy atom. The number of ether oxygens (including phenoxy) is 2. The zero-order valence-corrected chi connectivity index (χ0v) is 17.2. The number of benzene rings is 3. The van der Waals surface area contributed by atoms with E-state index in [4.69, 9.17) is 25.3 Å². The van der Waals surface area contributed by atoms with E-state index in [2.05, 4.69) is 0 Å². The maximum absolute atomic E-state index is 12.6. The number of rotatable bonds is 5. The Bertz CT molecular complexity index is 1260. The normalized spacial score (nSPS) is 14.3. The van der Waals surface area contributed by atoms with Crippen LogP contribution < -0.4 is 13.7 Å². The molecule has 3 aromatic carbocycles. The fourth-order valence-corrected chi connectivity index (χ4v) is 3.97. The number of Topliss-reactive ketones (excluding diaryl/α,β-unsaturated/α-hetero) is 1. The lowest BCUT2D eigenvalue weighted by atomic mass is 10.1. The number of carbonyl (C=O) groups excluding carboxylic acids is 1. The lowest BCUT2D eigenvalue weighted by Gasteiger charge is -2.08. The number of carbonyl (C=O) groups is 1. The summed E-state index contributed by atoms with van der Waals surface area (Å²) in [6.07, 6.45) is 1.58. The zero-order valence-electron chi connectivity index (χ0n) is 15.7. The zero-order chi connectivity index (χ0) is 21.3. The quantitative estimate of drug-likeness (QED) is 0.419. The third-order valence-electron chi connectivity index (χ3n) is 4.38. The molecule has 1 heterocycles. The number of para-hydroxylation sites is 1. The first-order valence-electron chi connectivity index (χ1n) is 8.79. The van der Waals surface area contributed by atoms with Crippen LogP contribution in [0.25, 0.3) is 6.08 Å². The number of fused-ring (bicyclic) bond motifs is 1. The van der Waals surface area contributed by atoms with Crippen molar-refractivity contribution in [3.05, 3.63) is 88.6 Å². The van der Waals surface area contributed by atoms with Gasteiger partial charge in [0.15, 0.2) is 5.76 Å². The highest BCUT2D eigenvalue weighted by molar-refractivity contribution is 7.87. The second-order valence-electron chi connectivity index (χ2n) is 6.33. The third kappa shape index (κ3) is 3.90. The molecule has 0 amide bonds. The van der Waals surface area contributed by atoms with Gasteiger partial charge in [-0.1, -0.05) is 29.8 Å². The molecular weight excluding hydrogens is 428 g/mol. The second kappa shape index (κ2) is 7.85. The van der Waals surface area contributed by atoms with Crippen LogP contribution in [0.2, 0.25) is 5.02 Å². The highest BCUT2D eigenvalue weighted by Gasteiger charge is 2.29. The van der Waals surface area contributed by atoms with Crippen LogP contribution in [0.15, 0.2) is 77.4 Å². The SMILES string of the molecule is COc1ccccc1/C=C1\Oc2cc(OS(=O)(=O)c3ccc(Cl)cc3)ccc2C1=O. The minimum atomic E-state index is -4.06. The van der Waals surface area contributed by atoms with Gasteiger partial charge in [-0.2, -0.15) is 8.42 Å². The summed E-state index contributed by atoms with van der Waals surface area (Å²) in [5.41, 5.74) is 0.991. The molecule has 6 nitrogen and oxygen atoms in total. The third-order valence-corrected chi connectivity index (χ3v) is 5.89. The molecule has 4 rings (SSSR count). The fourth-order valence-electron chi connectivity index (χ4n) is 2.92. The first-order valence-corrected chi connectivity index (χ1v) is 10.6. The summed E-state index contributed by atoms with van der Waals surface area (Å²) in [7, 11) is -2.53. The van der Waals surface area contributed by atoms with Crippen molar-refractivity contribution in [3.8, 4) is 17.2 Å². The maximum Gasteiger partial charge on any atom is 0.339 e. The van der Waals surface area contributed by atoms with Crippen molar-refractivity contribution in [1.82, 2.24) is 0 Å². The lowest BCUT2D eigenvalue weighted by Crippen LogP contribution is -2.09. The van der Waals surface area contributed by atoms with Gasteiger partial charge in [0, 0.05) is 16.7 Å². The van der Waals surface area contributed by atoms with Crippen LogP contribution in [-0.2, 0) is 10.1 Å². The average molecular weight is 443 g/mol. The van der Waals surface area contributed by atoms with Gasteiger partial charge in [0.05, 0.1) is 12.7 Å². The minimum absolute atomic E-state index is 0.0232. The summed E-state index contributed by atoms with van der Waals surface area (Å²) in [5, 5.41) is 0.410. The number of methoxy groups -OCH3 is 1. The molecule has 30 heavy (non-hydrogen) atoms. The van der Waals surface area contributed by atoms with Gasteiger partial charge in [-0.25, -0.2) is 0 Å². The Balaban J connectivity index is 1.61. The molecule has 0 atom stereocenters. The van der Waals surface area contributed by atoms with Gasteiger partial charge in [-0.3, -0.25) is 4.79 Å². The summed E-state index contributed by atoms with van der Waals surface area (Å²) < 4.78 is 41.0. The van der Waals surface area contributed by atoms with Crippen LogP contribution in [0.5, 0.6) is 17.2 Å². The molecule has 0 saturated heterocycles. The summed E-state index contributed by atoms with van der Waals surface area (Å²) in [5.74, 6) is 0.616. The average Bonchev–Trinajstić information content (AvgIpc) is 3.03. The maximum atomic E-state index is 12.6. The topological polar surface area (TPSA) is 78.9 Å². The first-order chi connectivity index (χ1) is 14.4. The van der Waals surface area contributed by atoms with Crippen molar-refractivity contribution in [2.45, 2.75) is 4.90 Å². The standard InChI is InChI=1S/C22H15ClO6S/c1-27-19-5-3-2-4-14(19)12-21-22(24)18-11-8-16(13-20(18)28-21)29-30(25,26)17-9-6-15(23)7-10-17/h2-13H,1H3/b21-12-. The molecule has 1 aliphatic rings. The van der Waals surface area contributed by atoms with E-state index in [-0.39, 0.29) is 27.9 Å². The molecule has 0 spiro atoms. The molecule has 8 heteroatoms. The van der Waals surface area contributed by atoms with Gasteiger partial charge >= 0.3 is 10.1 Å². The van der Waals surface area contributed by atoms with Crippen molar-refractivity contribution in [2.75, 3.05) is 7.11 Å². The van der Waals surface area contributed by atoms with Crippen LogP contribution in [-0.4, -0.2) is 21.3 Å². The van der Waals surface area contributed by atoms with Crippen molar-refractivity contribution >= 4 is 33.6 Å². The van der Waals surface area contributed by atoms with E-state index in [0.717, 1.165) is 0 Å². The molecule has 0 N–H and O–H groups in total. The second-order valence-corrected chi connectivity index (χ2v) is 8.31. The van der Waals surface area contributed by atoms with E-state index in [9.17, 15) is 13.2 Å². The van der Waals surface area contributed by atoms with Crippen LogP contribution >= 0.6 is 11.6 Å². The van der Waals surface area contributed by atoms with Gasteiger partial charge in [0.1, 0.15) is 22.1 Å². The minimum Gasteiger partial charge on any atom is -0.496 e. The van der Waals surface area contributed by atoms with E-state index >= 15 is 0 Å². The number of hydrogen-bond acceptors (Lipinski definition) is 6. The smallest absolute Gasteiger partial charge is 0.339 e. The van der Waals surface area contributed by atoms with Crippen molar-refractivity contribution in [2.24, 2.45) is 0 Å². The molecule has 0 bridgehead atoms. The van der Waals surface area contributed by atoms with E-state index in [0.29, 0.717) is 21.9 Å². The highest BCUT2D eigenvalue weighted by atomic mass is 35.5. The summed E-state index contributed by atoms with van der Waals surface area (Å²) in [4.78, 5) is 12.6. The van der Waals surface area contributed by atoms with E-state index < -0.39 is 10.1 Å². The molecule has 152 valence electrons. The summed E-state index contributed by atoms with van der Waals surface area (Å²) in [6.45, 7) is 0. The van der Waals surface area contributed by atoms with Crippen LogP contribution in [0.4, 0.5) is 0 Å². The predicted octanol–water partition coefficient (Wildman–Crippen LogP) is 4.73. The number of halogens is 1. The molecule has 0 fully saturated rings. The van der Waals surface area contributed by atoms with E-state index in [1.165, 1.54) is 49.6 Å². The van der Waals surface area contributed by atoms with Gasteiger partial charge in [0.2, 0.25) is 5.78 Å². The molecule has 0 aliphatic carbocycles.